The number of rotatable bonds is 4. The Hall–Kier alpha value is -7.21. The summed E-state index contributed by atoms with van der Waals surface area (Å²) >= 11 is 1.83. The van der Waals surface area contributed by atoms with Gasteiger partial charge in [-0.3, -0.25) is 0 Å². The van der Waals surface area contributed by atoms with Crippen molar-refractivity contribution >= 4 is 85.6 Å². The van der Waals surface area contributed by atoms with E-state index >= 15 is 0 Å². The molecule has 12 rings (SSSR count). The van der Waals surface area contributed by atoms with Crippen LogP contribution in [0.15, 0.2) is 182 Å². The monoisotopic (exact) mass is 730 g/mol. The summed E-state index contributed by atoms with van der Waals surface area (Å²) < 4.78 is 4.92. The van der Waals surface area contributed by atoms with Crippen LogP contribution in [0.25, 0.3) is 114 Å². The molecule has 0 saturated carbocycles. The highest BCUT2D eigenvalue weighted by molar-refractivity contribution is 7.26. The minimum absolute atomic E-state index is 0.653. The minimum Gasteiger partial charge on any atom is -0.307 e. The lowest BCUT2D eigenvalue weighted by Crippen LogP contribution is -2.00. The van der Waals surface area contributed by atoms with Gasteiger partial charge in [0.05, 0.1) is 21.4 Å². The van der Waals surface area contributed by atoms with E-state index in [1.807, 2.05) is 11.3 Å². The molecule has 0 spiro atoms. The third-order valence-corrected chi connectivity index (χ3v) is 12.4. The van der Waals surface area contributed by atoms with Crippen molar-refractivity contribution in [1.82, 2.24) is 19.5 Å². The van der Waals surface area contributed by atoms with Crippen LogP contribution in [-0.2, 0) is 0 Å². The molecule has 260 valence electrons. The quantitative estimate of drug-likeness (QED) is 0.181. The standard InChI is InChI=1S/C51H30N4S/c1-3-13-34-28-36(22-20-31(34)10-1)49-52-50(37-23-21-32-11-2-4-14-35(32)29-37)54-51(53-49)38-25-26-41-43-17-9-19-45(48(43)56-46(41)30-38)55-44-18-8-7-16-40(44)42-27-24-33-12-5-6-15-39(33)47(42)55/h1-30H. The zero-order chi connectivity index (χ0) is 36.7. The van der Waals surface area contributed by atoms with Gasteiger partial charge in [0.15, 0.2) is 17.5 Å². The summed E-state index contributed by atoms with van der Waals surface area (Å²) in [5.74, 6) is 1.96. The van der Waals surface area contributed by atoms with Crippen molar-refractivity contribution in [2.45, 2.75) is 0 Å². The molecule has 0 bridgehead atoms. The number of hydrogen-bond donors (Lipinski definition) is 0. The maximum absolute atomic E-state index is 5.16. The van der Waals surface area contributed by atoms with Gasteiger partial charge in [-0.25, -0.2) is 15.0 Å². The van der Waals surface area contributed by atoms with Crippen molar-refractivity contribution < 1.29 is 0 Å². The second kappa shape index (κ2) is 12.2. The minimum atomic E-state index is 0.653. The SMILES string of the molecule is c1ccc2cc(-c3nc(-c4ccc5ccccc5c4)nc(-c4ccc5c(c4)sc4c(-n6c7ccccc7c7ccc8ccccc8c76)cccc45)n3)ccc2c1. The first-order valence-electron chi connectivity index (χ1n) is 18.8. The van der Waals surface area contributed by atoms with E-state index in [0.29, 0.717) is 17.5 Å². The van der Waals surface area contributed by atoms with Gasteiger partial charge in [0, 0.05) is 48.3 Å². The van der Waals surface area contributed by atoms with E-state index in [4.69, 9.17) is 15.0 Å². The summed E-state index contributed by atoms with van der Waals surface area (Å²) in [5, 5.41) is 12.1. The molecule has 9 aromatic carbocycles. The van der Waals surface area contributed by atoms with Crippen molar-refractivity contribution in [3.63, 3.8) is 0 Å². The van der Waals surface area contributed by atoms with E-state index in [-0.39, 0.29) is 0 Å². The fraction of sp³-hybridized carbons (Fsp3) is 0. The molecule has 3 aromatic heterocycles. The molecule has 12 aromatic rings. The van der Waals surface area contributed by atoms with Crippen LogP contribution in [0.2, 0.25) is 0 Å². The number of nitrogens with zero attached hydrogens (tertiary/aromatic N) is 4. The molecular weight excluding hydrogens is 701 g/mol. The first-order valence-corrected chi connectivity index (χ1v) is 19.7. The zero-order valence-corrected chi connectivity index (χ0v) is 30.8. The van der Waals surface area contributed by atoms with Crippen LogP contribution in [0, 0.1) is 0 Å². The zero-order valence-electron chi connectivity index (χ0n) is 30.0. The summed E-state index contributed by atoms with van der Waals surface area (Å²) in [6, 6.07) is 65.1. The van der Waals surface area contributed by atoms with Crippen LogP contribution in [0.1, 0.15) is 0 Å². The maximum Gasteiger partial charge on any atom is 0.164 e. The van der Waals surface area contributed by atoms with Crippen LogP contribution in [-0.4, -0.2) is 19.5 Å². The van der Waals surface area contributed by atoms with E-state index in [1.165, 1.54) is 69.2 Å². The summed E-state index contributed by atoms with van der Waals surface area (Å²) in [6.07, 6.45) is 0. The Kier molecular flexibility index (Phi) is 6.76. The smallest absolute Gasteiger partial charge is 0.164 e. The normalized spacial score (nSPS) is 11.9. The Morgan fingerprint density at radius 3 is 1.57 bits per heavy atom. The third-order valence-electron chi connectivity index (χ3n) is 11.2. The topological polar surface area (TPSA) is 43.6 Å². The largest absolute Gasteiger partial charge is 0.307 e. The molecule has 0 unspecified atom stereocenters. The van der Waals surface area contributed by atoms with Gasteiger partial charge in [0.2, 0.25) is 0 Å². The highest BCUT2D eigenvalue weighted by Crippen LogP contribution is 2.43. The van der Waals surface area contributed by atoms with E-state index in [0.717, 1.165) is 27.5 Å². The number of thiophene rings is 1. The van der Waals surface area contributed by atoms with Gasteiger partial charge in [-0.15, -0.1) is 11.3 Å². The van der Waals surface area contributed by atoms with Crippen molar-refractivity contribution in [1.29, 1.82) is 0 Å². The van der Waals surface area contributed by atoms with E-state index in [9.17, 15) is 0 Å². The van der Waals surface area contributed by atoms with Gasteiger partial charge in [-0.05, 0) is 57.3 Å². The molecule has 0 amide bonds. The van der Waals surface area contributed by atoms with Crippen LogP contribution in [0.4, 0.5) is 0 Å². The summed E-state index contributed by atoms with van der Waals surface area (Å²) in [4.78, 5) is 15.4. The lowest BCUT2D eigenvalue weighted by Gasteiger charge is -2.11. The summed E-state index contributed by atoms with van der Waals surface area (Å²) in [7, 11) is 0. The predicted molar refractivity (Wildman–Crippen MR) is 236 cm³/mol. The van der Waals surface area contributed by atoms with Crippen molar-refractivity contribution in [3.05, 3.63) is 182 Å². The molecule has 0 atom stereocenters. The molecule has 3 heterocycles. The lowest BCUT2D eigenvalue weighted by atomic mass is 10.1. The fourth-order valence-corrected chi connectivity index (χ4v) is 9.74. The Morgan fingerprint density at radius 1 is 0.357 bits per heavy atom. The predicted octanol–water partition coefficient (Wildman–Crippen LogP) is 13.8. The summed E-state index contributed by atoms with van der Waals surface area (Å²) in [6.45, 7) is 0. The summed E-state index contributed by atoms with van der Waals surface area (Å²) in [5.41, 5.74) is 6.51. The van der Waals surface area contributed by atoms with Gasteiger partial charge < -0.3 is 4.57 Å². The fourth-order valence-electron chi connectivity index (χ4n) is 8.50. The first-order chi connectivity index (χ1) is 27.7. The number of fused-ring (bicyclic) bond motifs is 10. The van der Waals surface area contributed by atoms with E-state index < -0.39 is 0 Å². The van der Waals surface area contributed by atoms with Crippen LogP contribution >= 0.6 is 11.3 Å². The molecule has 0 saturated heterocycles. The first kappa shape index (κ1) is 31.2. The Balaban J connectivity index is 1.06. The van der Waals surface area contributed by atoms with Crippen LogP contribution in [0.5, 0.6) is 0 Å². The number of benzene rings is 9. The van der Waals surface area contributed by atoms with Crippen molar-refractivity contribution in [3.8, 4) is 39.9 Å². The van der Waals surface area contributed by atoms with Crippen LogP contribution in [0.3, 0.4) is 0 Å². The number of para-hydroxylation sites is 1. The molecule has 5 heteroatoms. The van der Waals surface area contributed by atoms with E-state index in [1.54, 1.807) is 0 Å². The second-order valence-electron chi connectivity index (χ2n) is 14.4. The maximum atomic E-state index is 5.16. The van der Waals surface area contributed by atoms with Gasteiger partial charge in [-0.2, -0.15) is 0 Å². The molecule has 0 N–H and O–H groups in total. The Morgan fingerprint density at radius 2 is 0.875 bits per heavy atom. The molecule has 4 nitrogen and oxygen atoms in total. The Labute approximate surface area is 325 Å². The Bertz CT molecular complexity index is 3460. The van der Waals surface area contributed by atoms with Gasteiger partial charge >= 0.3 is 0 Å². The molecular formula is C51H30N4S. The molecule has 0 aliphatic heterocycles. The highest BCUT2D eigenvalue weighted by Gasteiger charge is 2.19. The van der Waals surface area contributed by atoms with Crippen LogP contribution < -0.4 is 0 Å². The lowest BCUT2D eigenvalue weighted by molar-refractivity contribution is 1.08. The van der Waals surface area contributed by atoms with Gasteiger partial charge in [-0.1, -0.05) is 152 Å². The van der Waals surface area contributed by atoms with Crippen molar-refractivity contribution in [2.75, 3.05) is 0 Å². The molecule has 0 aliphatic carbocycles. The molecule has 0 aliphatic rings. The third kappa shape index (κ3) is 4.81. The average molecular weight is 731 g/mol. The average Bonchev–Trinajstić information content (AvgIpc) is 3.82. The van der Waals surface area contributed by atoms with Gasteiger partial charge in [0.1, 0.15) is 0 Å². The highest BCUT2D eigenvalue weighted by atomic mass is 32.1. The second-order valence-corrected chi connectivity index (χ2v) is 15.5. The molecule has 0 fully saturated rings. The van der Waals surface area contributed by atoms with E-state index in [2.05, 4.69) is 187 Å². The molecule has 56 heavy (non-hydrogen) atoms. The number of hydrogen-bond acceptors (Lipinski definition) is 4. The van der Waals surface area contributed by atoms with Gasteiger partial charge in [0.25, 0.3) is 0 Å². The molecule has 0 radical (unpaired) electrons. The number of aromatic nitrogens is 4. The van der Waals surface area contributed by atoms with Crippen molar-refractivity contribution in [2.24, 2.45) is 0 Å².